The molecule has 0 bridgehead atoms. The zero-order chi connectivity index (χ0) is 19.2. The van der Waals surface area contributed by atoms with E-state index < -0.39 is 0 Å². The number of likely N-dealkylation sites (tertiary alicyclic amines) is 1. The molecule has 8 heteroatoms. The Bertz CT molecular complexity index is 685. The molecule has 3 rings (SSSR count). The van der Waals surface area contributed by atoms with Crippen molar-refractivity contribution < 1.29 is 19.1 Å². The van der Waals surface area contributed by atoms with Crippen molar-refractivity contribution in [2.75, 3.05) is 53.0 Å². The van der Waals surface area contributed by atoms with E-state index in [9.17, 15) is 9.59 Å². The monoisotopic (exact) mass is 395 g/mol. The van der Waals surface area contributed by atoms with Crippen LogP contribution in [-0.4, -0.2) is 80.7 Å². The highest BCUT2D eigenvalue weighted by Crippen LogP contribution is 2.26. The van der Waals surface area contributed by atoms with Gasteiger partial charge in [-0.05, 0) is 31.0 Å². The summed E-state index contributed by atoms with van der Waals surface area (Å²) in [6, 6.07) is 5.13. The van der Waals surface area contributed by atoms with Crippen molar-refractivity contribution in [1.82, 2.24) is 15.1 Å². The van der Waals surface area contributed by atoms with Crippen LogP contribution in [0, 0.1) is 0 Å². The first-order valence-corrected chi connectivity index (χ1v) is 9.68. The van der Waals surface area contributed by atoms with Crippen molar-refractivity contribution in [2.45, 2.75) is 18.9 Å². The molecule has 2 fully saturated rings. The Morgan fingerprint density at radius 1 is 1.33 bits per heavy atom. The van der Waals surface area contributed by atoms with Gasteiger partial charge in [0.1, 0.15) is 12.4 Å². The van der Waals surface area contributed by atoms with Crippen LogP contribution in [0.1, 0.15) is 23.2 Å². The maximum atomic E-state index is 13.2. The number of nitrogens with zero attached hydrogens (tertiary/aromatic N) is 2. The smallest absolute Gasteiger partial charge is 0.257 e. The molecule has 1 unspecified atom stereocenters. The zero-order valence-corrected chi connectivity index (χ0v) is 16.3. The molecule has 0 aromatic heterocycles. The van der Waals surface area contributed by atoms with Gasteiger partial charge < -0.3 is 24.6 Å². The third-order valence-corrected chi connectivity index (χ3v) is 5.20. The lowest BCUT2D eigenvalue weighted by molar-refractivity contribution is -0.135. The van der Waals surface area contributed by atoms with Crippen molar-refractivity contribution in [1.29, 1.82) is 0 Å². The Morgan fingerprint density at radius 2 is 2.19 bits per heavy atom. The minimum atomic E-state index is -0.114. The van der Waals surface area contributed by atoms with Crippen molar-refractivity contribution in [3.8, 4) is 5.75 Å². The summed E-state index contributed by atoms with van der Waals surface area (Å²) in [6.07, 6.45) is 1.79. The number of nitrogens with one attached hydrogen (secondary N) is 1. The Labute approximate surface area is 164 Å². The minimum absolute atomic E-state index is 0.0642. The third kappa shape index (κ3) is 4.91. The van der Waals surface area contributed by atoms with Gasteiger partial charge in [-0.2, -0.15) is 0 Å². The predicted molar refractivity (Wildman–Crippen MR) is 102 cm³/mol. The largest absolute Gasteiger partial charge is 0.490 e. The number of piperazine rings is 1. The van der Waals surface area contributed by atoms with Crippen molar-refractivity contribution >= 4 is 23.4 Å². The first-order valence-electron chi connectivity index (χ1n) is 9.31. The maximum Gasteiger partial charge on any atom is 0.257 e. The molecule has 0 radical (unpaired) electrons. The highest BCUT2D eigenvalue weighted by Gasteiger charge is 2.32. The number of ether oxygens (including phenoxy) is 2. The fourth-order valence-corrected chi connectivity index (χ4v) is 3.77. The van der Waals surface area contributed by atoms with Crippen molar-refractivity contribution in [2.24, 2.45) is 0 Å². The second-order valence-electron chi connectivity index (χ2n) is 6.79. The number of halogens is 1. The van der Waals surface area contributed by atoms with Crippen LogP contribution < -0.4 is 10.1 Å². The average molecular weight is 396 g/mol. The maximum absolute atomic E-state index is 13.2. The Balaban J connectivity index is 1.72. The lowest BCUT2D eigenvalue weighted by Gasteiger charge is -2.41. The molecule has 2 saturated heterocycles. The van der Waals surface area contributed by atoms with Crippen LogP contribution in [0.15, 0.2) is 18.2 Å². The summed E-state index contributed by atoms with van der Waals surface area (Å²) in [7, 11) is 1.60. The summed E-state index contributed by atoms with van der Waals surface area (Å²) in [6.45, 7) is 3.85. The number of methoxy groups -OCH3 is 1. The van der Waals surface area contributed by atoms with Gasteiger partial charge in [-0.25, -0.2) is 0 Å². The molecule has 1 N–H and O–H groups in total. The van der Waals surface area contributed by atoms with E-state index >= 15 is 0 Å². The molecule has 2 amide bonds. The standard InChI is InChI=1S/C19H26ClN3O4/c1-26-9-10-27-17-5-4-14(20)11-16(17)19(25)22-7-2-3-15(13-22)23-8-6-21-12-18(23)24/h4-5,11,15,21H,2-3,6-10,12-13H2,1H3. The van der Waals surface area contributed by atoms with Gasteiger partial charge in [0.05, 0.1) is 18.7 Å². The van der Waals surface area contributed by atoms with Gasteiger partial charge in [-0.15, -0.1) is 0 Å². The SMILES string of the molecule is COCCOc1ccc(Cl)cc1C(=O)N1CCCC(N2CCNCC2=O)C1. The second kappa shape index (κ2) is 9.39. The summed E-state index contributed by atoms with van der Waals surface area (Å²) in [5.41, 5.74) is 0.450. The molecule has 2 aliphatic rings. The van der Waals surface area contributed by atoms with Crippen LogP contribution >= 0.6 is 11.6 Å². The van der Waals surface area contributed by atoms with Gasteiger partial charge in [0.2, 0.25) is 5.91 Å². The topological polar surface area (TPSA) is 71.1 Å². The molecule has 148 valence electrons. The van der Waals surface area contributed by atoms with Gasteiger partial charge in [0.15, 0.2) is 0 Å². The van der Waals surface area contributed by atoms with Gasteiger partial charge in [0.25, 0.3) is 5.91 Å². The predicted octanol–water partition coefficient (Wildman–Crippen LogP) is 1.40. The molecule has 0 saturated carbocycles. The van der Waals surface area contributed by atoms with E-state index in [-0.39, 0.29) is 17.9 Å². The number of amides is 2. The summed E-state index contributed by atoms with van der Waals surface area (Å²) < 4.78 is 10.7. The van der Waals surface area contributed by atoms with E-state index in [2.05, 4.69) is 5.32 Å². The van der Waals surface area contributed by atoms with Crippen molar-refractivity contribution in [3.63, 3.8) is 0 Å². The number of carbonyl (C=O) groups is 2. The summed E-state index contributed by atoms with van der Waals surface area (Å²) in [5.74, 6) is 0.492. The molecule has 2 heterocycles. The number of piperidine rings is 1. The highest BCUT2D eigenvalue weighted by atomic mass is 35.5. The average Bonchev–Trinajstić information content (AvgIpc) is 2.69. The van der Waals surface area contributed by atoms with E-state index in [1.807, 2.05) is 4.90 Å². The van der Waals surface area contributed by atoms with Gasteiger partial charge in [-0.3, -0.25) is 9.59 Å². The molecule has 0 spiro atoms. The fraction of sp³-hybridized carbons (Fsp3) is 0.579. The molecule has 1 aromatic carbocycles. The third-order valence-electron chi connectivity index (χ3n) is 4.97. The minimum Gasteiger partial charge on any atom is -0.490 e. The lowest BCUT2D eigenvalue weighted by atomic mass is 10.0. The number of hydrogen-bond acceptors (Lipinski definition) is 5. The van der Waals surface area contributed by atoms with E-state index in [0.717, 1.165) is 19.4 Å². The van der Waals surface area contributed by atoms with Crippen LogP contribution in [-0.2, 0) is 9.53 Å². The Morgan fingerprint density at radius 3 is 2.96 bits per heavy atom. The number of benzene rings is 1. The number of carbonyl (C=O) groups excluding carboxylic acids is 2. The molecule has 1 atom stereocenters. The molecule has 27 heavy (non-hydrogen) atoms. The molecule has 7 nitrogen and oxygen atoms in total. The van der Waals surface area contributed by atoms with E-state index in [0.29, 0.717) is 55.7 Å². The first kappa shape index (κ1) is 19.9. The zero-order valence-electron chi connectivity index (χ0n) is 15.6. The van der Waals surface area contributed by atoms with Crippen LogP contribution in [0.5, 0.6) is 5.75 Å². The fourth-order valence-electron chi connectivity index (χ4n) is 3.60. The lowest BCUT2D eigenvalue weighted by Crippen LogP contribution is -2.57. The summed E-state index contributed by atoms with van der Waals surface area (Å²) in [5, 5.41) is 3.58. The normalized spacial score (nSPS) is 20.7. The first-order chi connectivity index (χ1) is 13.1. The Hall–Kier alpha value is -1.83. The molecular weight excluding hydrogens is 370 g/mol. The highest BCUT2D eigenvalue weighted by molar-refractivity contribution is 6.31. The molecular formula is C19H26ClN3O4. The number of hydrogen-bond donors (Lipinski definition) is 1. The summed E-state index contributed by atoms with van der Waals surface area (Å²) in [4.78, 5) is 29.1. The van der Waals surface area contributed by atoms with Gasteiger partial charge >= 0.3 is 0 Å². The molecule has 1 aromatic rings. The van der Waals surface area contributed by atoms with Crippen LogP contribution in [0.3, 0.4) is 0 Å². The molecule has 2 aliphatic heterocycles. The van der Waals surface area contributed by atoms with E-state index in [1.54, 1.807) is 30.2 Å². The second-order valence-corrected chi connectivity index (χ2v) is 7.23. The number of rotatable bonds is 6. The van der Waals surface area contributed by atoms with E-state index in [4.69, 9.17) is 21.1 Å². The Kier molecular flexibility index (Phi) is 6.93. The van der Waals surface area contributed by atoms with E-state index in [1.165, 1.54) is 0 Å². The van der Waals surface area contributed by atoms with Crippen LogP contribution in [0.2, 0.25) is 5.02 Å². The van der Waals surface area contributed by atoms with Gasteiger partial charge in [0, 0.05) is 44.4 Å². The summed E-state index contributed by atoms with van der Waals surface area (Å²) >= 11 is 6.12. The quantitative estimate of drug-likeness (QED) is 0.737. The van der Waals surface area contributed by atoms with Crippen LogP contribution in [0.25, 0.3) is 0 Å². The van der Waals surface area contributed by atoms with Crippen LogP contribution in [0.4, 0.5) is 0 Å². The molecule has 0 aliphatic carbocycles. The van der Waals surface area contributed by atoms with Gasteiger partial charge in [-0.1, -0.05) is 11.6 Å². The van der Waals surface area contributed by atoms with Crippen molar-refractivity contribution in [3.05, 3.63) is 28.8 Å².